The second-order valence-corrected chi connectivity index (χ2v) is 14.3. The van der Waals surface area contributed by atoms with Crippen LogP contribution in [0.2, 0.25) is 0 Å². The van der Waals surface area contributed by atoms with Crippen molar-refractivity contribution in [3.63, 3.8) is 0 Å². The number of aliphatic hydroxyl groups excluding tert-OH is 2. The molecule has 0 aromatic heterocycles. The number of hydrogen-bond acceptors (Lipinski definition) is 4. The predicted octanol–water partition coefficient (Wildman–Crippen LogP) is 5.97. The number of amides is 1. The van der Waals surface area contributed by atoms with E-state index in [2.05, 4.69) is 20.8 Å². The zero-order chi connectivity index (χ0) is 27.0. The number of halogens is 1. The minimum atomic E-state index is -0.272. The van der Waals surface area contributed by atoms with Crippen LogP contribution in [0.5, 0.6) is 0 Å². The number of aliphatic hydroxyl groups is 2. The highest BCUT2D eigenvalue weighted by Crippen LogP contribution is 2.68. The maximum atomic E-state index is 13.8. The normalized spacial score (nSPS) is 42.8. The maximum Gasteiger partial charge on any atom is 0.228 e. The van der Waals surface area contributed by atoms with E-state index in [9.17, 15) is 19.4 Å². The molecule has 10 atom stereocenters. The van der Waals surface area contributed by atoms with E-state index in [4.69, 9.17) is 0 Å². The van der Waals surface area contributed by atoms with Crippen LogP contribution in [-0.4, -0.2) is 42.0 Å². The van der Waals surface area contributed by atoms with Gasteiger partial charge in [0.1, 0.15) is 5.82 Å². The van der Waals surface area contributed by atoms with Crippen molar-refractivity contribution in [2.45, 2.75) is 97.2 Å². The lowest BCUT2D eigenvalue weighted by atomic mass is 9.43. The van der Waals surface area contributed by atoms with Crippen molar-refractivity contribution in [3.8, 4) is 0 Å². The Labute approximate surface area is 227 Å². The van der Waals surface area contributed by atoms with Gasteiger partial charge in [0, 0.05) is 13.5 Å². The Morgan fingerprint density at radius 2 is 1.79 bits per heavy atom. The fraction of sp³-hybridized carbons (Fsp3) is 0.781. The van der Waals surface area contributed by atoms with Gasteiger partial charge in [-0.3, -0.25) is 9.69 Å². The second-order valence-electron chi connectivity index (χ2n) is 14.3. The SMILES string of the molecule is C[C@H](CCC(=O)N1CN(C)c2cc(F)ccc21)[C@H]1CC[C@H]2[C@@H]3[C@@H](O)C[C@@H]4C[C@H](O)CC[C@]4(C)[C@H]3CC[C@]12C. The van der Waals surface area contributed by atoms with Gasteiger partial charge in [0.2, 0.25) is 5.91 Å². The summed E-state index contributed by atoms with van der Waals surface area (Å²) in [6.45, 7) is 7.79. The molecule has 1 heterocycles. The molecule has 1 aromatic rings. The van der Waals surface area contributed by atoms with Gasteiger partial charge in [-0.05, 0) is 122 Å². The average Bonchev–Trinajstić information content (AvgIpc) is 3.40. The molecule has 210 valence electrons. The van der Waals surface area contributed by atoms with Gasteiger partial charge in [-0.25, -0.2) is 4.39 Å². The molecular weight excluding hydrogens is 479 g/mol. The van der Waals surface area contributed by atoms with Gasteiger partial charge in [0.15, 0.2) is 0 Å². The van der Waals surface area contributed by atoms with Crippen molar-refractivity contribution in [1.29, 1.82) is 0 Å². The summed E-state index contributed by atoms with van der Waals surface area (Å²) in [6.07, 6.45) is 9.45. The van der Waals surface area contributed by atoms with Gasteiger partial charge in [-0.15, -0.1) is 0 Å². The van der Waals surface area contributed by atoms with E-state index in [-0.39, 0.29) is 34.8 Å². The molecule has 1 aromatic carbocycles. The molecule has 5 nitrogen and oxygen atoms in total. The highest BCUT2D eigenvalue weighted by atomic mass is 19.1. The first-order valence-electron chi connectivity index (χ1n) is 15.2. The molecule has 4 aliphatic carbocycles. The van der Waals surface area contributed by atoms with E-state index in [0.29, 0.717) is 48.6 Å². The molecular formula is C32H47FN2O3. The molecule has 6 rings (SSSR count). The first-order chi connectivity index (χ1) is 18.0. The van der Waals surface area contributed by atoms with Crippen LogP contribution >= 0.6 is 0 Å². The smallest absolute Gasteiger partial charge is 0.228 e. The standard InChI is InChI=1S/C32H47FN2O3/c1-19(5-10-29(38)35-18-34(4)27-17-21(33)6-9-26(27)35)23-7-8-24-30-25(12-14-32(23,24)3)31(2)13-11-22(36)15-20(31)16-28(30)37/h6,9,17,19-20,22-25,28,30,36-37H,5,7-8,10-16,18H2,1-4H3/t19-,20+,22-,23-,24+,25+,28+,30+,31+,32-/m1/s1. The summed E-state index contributed by atoms with van der Waals surface area (Å²) >= 11 is 0. The molecule has 0 unspecified atom stereocenters. The maximum absolute atomic E-state index is 13.8. The number of rotatable bonds is 4. The lowest BCUT2D eigenvalue weighted by molar-refractivity contribution is -0.174. The summed E-state index contributed by atoms with van der Waals surface area (Å²) in [6, 6.07) is 4.68. The van der Waals surface area contributed by atoms with Gasteiger partial charge < -0.3 is 15.1 Å². The number of benzene rings is 1. The summed E-state index contributed by atoms with van der Waals surface area (Å²) in [5.41, 5.74) is 2.07. The predicted molar refractivity (Wildman–Crippen MR) is 148 cm³/mol. The number of carbonyl (C=O) groups excluding carboxylic acids is 1. The highest BCUT2D eigenvalue weighted by molar-refractivity contribution is 5.99. The molecule has 5 aliphatic rings. The third-order valence-corrected chi connectivity index (χ3v) is 12.5. The Bertz CT molecular complexity index is 1080. The second kappa shape index (κ2) is 9.47. The largest absolute Gasteiger partial charge is 0.393 e. The summed E-state index contributed by atoms with van der Waals surface area (Å²) in [5, 5.41) is 21.8. The topological polar surface area (TPSA) is 64.0 Å². The third-order valence-electron chi connectivity index (χ3n) is 12.5. The van der Waals surface area contributed by atoms with Crippen LogP contribution in [0.15, 0.2) is 18.2 Å². The Balaban J connectivity index is 1.13. The lowest BCUT2D eigenvalue weighted by Gasteiger charge is -2.62. The summed E-state index contributed by atoms with van der Waals surface area (Å²) in [7, 11) is 1.90. The van der Waals surface area contributed by atoms with Crippen LogP contribution in [0, 0.1) is 52.2 Å². The monoisotopic (exact) mass is 526 g/mol. The summed E-state index contributed by atoms with van der Waals surface area (Å²) < 4.78 is 13.8. The van der Waals surface area contributed by atoms with Crippen LogP contribution in [0.25, 0.3) is 0 Å². The van der Waals surface area contributed by atoms with E-state index in [0.717, 1.165) is 43.5 Å². The van der Waals surface area contributed by atoms with E-state index in [1.54, 1.807) is 6.07 Å². The minimum absolute atomic E-state index is 0.124. The van der Waals surface area contributed by atoms with Crippen LogP contribution < -0.4 is 9.80 Å². The fourth-order valence-corrected chi connectivity index (χ4v) is 10.5. The Morgan fingerprint density at radius 1 is 1.05 bits per heavy atom. The molecule has 0 spiro atoms. The van der Waals surface area contributed by atoms with Crippen LogP contribution in [0.1, 0.15) is 85.0 Å². The molecule has 4 fully saturated rings. The lowest BCUT2D eigenvalue weighted by Crippen LogP contribution is -2.58. The Kier molecular flexibility index (Phi) is 6.62. The van der Waals surface area contributed by atoms with Crippen molar-refractivity contribution >= 4 is 17.3 Å². The van der Waals surface area contributed by atoms with Crippen molar-refractivity contribution in [1.82, 2.24) is 0 Å². The molecule has 0 saturated heterocycles. The van der Waals surface area contributed by atoms with Gasteiger partial charge in [-0.1, -0.05) is 20.8 Å². The fourth-order valence-electron chi connectivity index (χ4n) is 10.5. The van der Waals surface area contributed by atoms with Gasteiger partial charge >= 0.3 is 0 Å². The van der Waals surface area contributed by atoms with E-state index in [1.165, 1.54) is 37.8 Å². The number of hydrogen-bond donors (Lipinski definition) is 2. The van der Waals surface area contributed by atoms with Crippen LogP contribution in [0.4, 0.5) is 15.8 Å². The van der Waals surface area contributed by atoms with Crippen molar-refractivity contribution < 1.29 is 19.4 Å². The minimum Gasteiger partial charge on any atom is -0.393 e. The highest BCUT2D eigenvalue weighted by Gasteiger charge is 2.62. The third kappa shape index (κ3) is 4.03. The summed E-state index contributed by atoms with van der Waals surface area (Å²) in [5.74, 6) is 2.82. The average molecular weight is 527 g/mol. The van der Waals surface area contributed by atoms with Crippen LogP contribution in [0.3, 0.4) is 0 Å². The molecule has 6 heteroatoms. The van der Waals surface area contributed by atoms with Crippen LogP contribution in [-0.2, 0) is 4.79 Å². The quantitative estimate of drug-likeness (QED) is 0.507. The van der Waals surface area contributed by atoms with Gasteiger partial charge in [-0.2, -0.15) is 0 Å². The molecule has 4 saturated carbocycles. The molecule has 2 N–H and O–H groups in total. The number of anilines is 2. The zero-order valence-corrected chi connectivity index (χ0v) is 23.7. The first-order valence-corrected chi connectivity index (χ1v) is 15.2. The van der Waals surface area contributed by atoms with E-state index in [1.807, 2.05) is 16.8 Å². The summed E-state index contributed by atoms with van der Waals surface area (Å²) in [4.78, 5) is 17.0. The molecule has 1 amide bonds. The van der Waals surface area contributed by atoms with Crippen molar-refractivity contribution in [2.75, 3.05) is 23.5 Å². The zero-order valence-electron chi connectivity index (χ0n) is 23.7. The Morgan fingerprint density at radius 3 is 2.58 bits per heavy atom. The number of carbonyl (C=O) groups is 1. The van der Waals surface area contributed by atoms with Crippen molar-refractivity contribution in [2.24, 2.45) is 46.3 Å². The van der Waals surface area contributed by atoms with Gasteiger partial charge in [0.05, 0.1) is 30.3 Å². The van der Waals surface area contributed by atoms with E-state index < -0.39 is 0 Å². The number of nitrogens with zero attached hydrogens (tertiary/aromatic N) is 2. The molecule has 1 aliphatic heterocycles. The molecule has 0 bridgehead atoms. The van der Waals surface area contributed by atoms with E-state index >= 15 is 0 Å². The first kappa shape index (κ1) is 26.6. The Hall–Kier alpha value is -1.66. The molecule has 0 radical (unpaired) electrons. The molecule has 38 heavy (non-hydrogen) atoms. The van der Waals surface area contributed by atoms with Gasteiger partial charge in [0.25, 0.3) is 0 Å². The number of fused-ring (bicyclic) bond motifs is 6. The van der Waals surface area contributed by atoms with Crippen molar-refractivity contribution in [3.05, 3.63) is 24.0 Å².